The van der Waals surface area contributed by atoms with Gasteiger partial charge in [0.25, 0.3) is 5.91 Å². The summed E-state index contributed by atoms with van der Waals surface area (Å²) in [7, 11) is 1.18. The minimum absolute atomic E-state index is 0.184. The minimum atomic E-state index is -4.53. The lowest BCUT2D eigenvalue weighted by atomic mass is 10.2. The van der Waals surface area contributed by atoms with Crippen LogP contribution in [-0.2, 0) is 13.2 Å². The number of hydrogen-bond acceptors (Lipinski definition) is 4. The van der Waals surface area contributed by atoms with E-state index in [2.05, 4.69) is 10.1 Å². The molecule has 3 rings (SSSR count). The number of hydrogen-bond donors (Lipinski definition) is 0. The van der Waals surface area contributed by atoms with E-state index in [1.807, 2.05) is 23.1 Å². The number of piperazine rings is 1. The fraction of sp³-hybridized carbons (Fsp3) is 0.400. The zero-order chi connectivity index (χ0) is 17.3. The SMILES string of the molecule is Cn1nc(C(=O)N2CCN(c3ccccn3)CC2)cc1C(F)(F)F. The first-order valence-electron chi connectivity index (χ1n) is 7.43. The quantitative estimate of drug-likeness (QED) is 0.837. The summed E-state index contributed by atoms with van der Waals surface area (Å²) in [5.74, 6) is 0.337. The van der Waals surface area contributed by atoms with E-state index in [1.165, 1.54) is 11.9 Å². The molecule has 0 N–H and O–H groups in total. The Labute approximate surface area is 136 Å². The number of pyridine rings is 1. The summed E-state index contributed by atoms with van der Waals surface area (Å²) >= 11 is 0. The van der Waals surface area contributed by atoms with Gasteiger partial charge < -0.3 is 9.80 Å². The van der Waals surface area contributed by atoms with E-state index in [1.54, 1.807) is 6.20 Å². The third-order valence-corrected chi connectivity index (χ3v) is 3.93. The smallest absolute Gasteiger partial charge is 0.353 e. The van der Waals surface area contributed by atoms with Crippen molar-refractivity contribution in [2.75, 3.05) is 31.1 Å². The molecular formula is C15H16F3N5O. The Kier molecular flexibility index (Phi) is 4.16. The molecule has 1 amide bonds. The van der Waals surface area contributed by atoms with Crippen molar-refractivity contribution in [3.63, 3.8) is 0 Å². The molecule has 0 aliphatic carbocycles. The van der Waals surface area contributed by atoms with Gasteiger partial charge in [-0.15, -0.1) is 0 Å². The zero-order valence-electron chi connectivity index (χ0n) is 13.0. The average molecular weight is 339 g/mol. The van der Waals surface area contributed by atoms with Crippen LogP contribution in [0.5, 0.6) is 0 Å². The Bertz CT molecular complexity index is 720. The number of nitrogens with zero attached hydrogens (tertiary/aromatic N) is 5. The van der Waals surface area contributed by atoms with E-state index in [9.17, 15) is 18.0 Å². The van der Waals surface area contributed by atoms with E-state index in [-0.39, 0.29) is 5.69 Å². The van der Waals surface area contributed by atoms with Gasteiger partial charge in [-0.2, -0.15) is 18.3 Å². The molecule has 1 aliphatic rings. The lowest BCUT2D eigenvalue weighted by molar-refractivity contribution is -0.143. The largest absolute Gasteiger partial charge is 0.433 e. The second-order valence-corrected chi connectivity index (χ2v) is 5.50. The molecule has 3 heterocycles. The fourth-order valence-corrected chi connectivity index (χ4v) is 2.68. The lowest BCUT2D eigenvalue weighted by Gasteiger charge is -2.35. The number of rotatable bonds is 2. The third-order valence-electron chi connectivity index (χ3n) is 3.93. The van der Waals surface area contributed by atoms with Gasteiger partial charge in [0.1, 0.15) is 11.5 Å². The van der Waals surface area contributed by atoms with Gasteiger partial charge in [-0.1, -0.05) is 6.07 Å². The van der Waals surface area contributed by atoms with E-state index >= 15 is 0 Å². The predicted molar refractivity (Wildman–Crippen MR) is 80.6 cm³/mol. The Balaban J connectivity index is 1.68. The first kappa shape index (κ1) is 16.3. The van der Waals surface area contributed by atoms with Crippen LogP contribution in [0.2, 0.25) is 0 Å². The highest BCUT2D eigenvalue weighted by Gasteiger charge is 2.36. The Morgan fingerprint density at radius 1 is 1.17 bits per heavy atom. The van der Waals surface area contributed by atoms with Crippen LogP contribution >= 0.6 is 0 Å². The number of alkyl halides is 3. The molecular weight excluding hydrogens is 323 g/mol. The number of aryl methyl sites for hydroxylation is 1. The van der Waals surface area contributed by atoms with Crippen LogP contribution in [0, 0.1) is 0 Å². The van der Waals surface area contributed by atoms with Crippen LogP contribution in [-0.4, -0.2) is 51.8 Å². The van der Waals surface area contributed by atoms with Gasteiger partial charge >= 0.3 is 6.18 Å². The summed E-state index contributed by atoms with van der Waals surface area (Å²) in [6.07, 6.45) is -2.84. The van der Waals surface area contributed by atoms with Crippen molar-refractivity contribution < 1.29 is 18.0 Å². The number of anilines is 1. The first-order chi connectivity index (χ1) is 11.4. The summed E-state index contributed by atoms with van der Waals surface area (Å²) in [6, 6.07) is 6.38. The standard InChI is InChI=1S/C15H16F3N5O/c1-21-12(15(16,17)18)10-11(20-21)14(24)23-8-6-22(7-9-23)13-4-2-3-5-19-13/h2-5,10H,6-9H2,1H3. The van der Waals surface area contributed by atoms with Crippen molar-refractivity contribution in [3.8, 4) is 0 Å². The van der Waals surface area contributed by atoms with E-state index in [0.29, 0.717) is 30.9 Å². The third kappa shape index (κ3) is 3.19. The average Bonchev–Trinajstić information content (AvgIpc) is 2.97. The summed E-state index contributed by atoms with van der Waals surface area (Å²) in [6.45, 7) is 1.96. The van der Waals surface area contributed by atoms with Crippen LogP contribution in [0.3, 0.4) is 0 Å². The topological polar surface area (TPSA) is 54.3 Å². The molecule has 0 unspecified atom stereocenters. The minimum Gasteiger partial charge on any atom is -0.353 e. The summed E-state index contributed by atoms with van der Waals surface area (Å²) in [5, 5.41) is 3.71. The lowest BCUT2D eigenvalue weighted by Crippen LogP contribution is -2.49. The normalized spacial score (nSPS) is 15.7. The van der Waals surface area contributed by atoms with Gasteiger partial charge in [0.15, 0.2) is 5.69 Å². The van der Waals surface area contributed by atoms with Crippen LogP contribution in [0.15, 0.2) is 30.5 Å². The molecule has 24 heavy (non-hydrogen) atoms. The molecule has 0 radical (unpaired) electrons. The van der Waals surface area contributed by atoms with Gasteiger partial charge in [0.2, 0.25) is 0 Å². The van der Waals surface area contributed by atoms with Crippen LogP contribution in [0.25, 0.3) is 0 Å². The molecule has 0 saturated carbocycles. The number of amides is 1. The second kappa shape index (κ2) is 6.14. The van der Waals surface area contributed by atoms with Crippen molar-refractivity contribution in [1.82, 2.24) is 19.7 Å². The van der Waals surface area contributed by atoms with Crippen molar-refractivity contribution in [3.05, 3.63) is 41.9 Å². The molecule has 2 aromatic rings. The monoisotopic (exact) mass is 339 g/mol. The van der Waals surface area contributed by atoms with Crippen LogP contribution in [0.1, 0.15) is 16.2 Å². The highest BCUT2D eigenvalue weighted by atomic mass is 19.4. The molecule has 128 valence electrons. The van der Waals surface area contributed by atoms with Gasteiger partial charge in [-0.3, -0.25) is 9.48 Å². The van der Waals surface area contributed by atoms with Crippen molar-refractivity contribution in [2.45, 2.75) is 6.18 Å². The number of halogens is 3. The maximum atomic E-state index is 12.8. The van der Waals surface area contributed by atoms with Crippen LogP contribution in [0.4, 0.5) is 19.0 Å². The van der Waals surface area contributed by atoms with E-state index in [4.69, 9.17) is 0 Å². The number of aromatic nitrogens is 3. The maximum Gasteiger partial charge on any atom is 0.433 e. The second-order valence-electron chi connectivity index (χ2n) is 5.50. The van der Waals surface area contributed by atoms with Gasteiger partial charge in [0, 0.05) is 45.5 Å². The maximum absolute atomic E-state index is 12.8. The summed E-state index contributed by atoms with van der Waals surface area (Å²) in [4.78, 5) is 20.2. The highest BCUT2D eigenvalue weighted by Crippen LogP contribution is 2.29. The van der Waals surface area contributed by atoms with Gasteiger partial charge in [0.05, 0.1) is 0 Å². The van der Waals surface area contributed by atoms with Gasteiger partial charge in [-0.25, -0.2) is 4.98 Å². The van der Waals surface area contributed by atoms with E-state index < -0.39 is 17.8 Å². The summed E-state index contributed by atoms with van der Waals surface area (Å²) < 4.78 is 39.1. The Hall–Kier alpha value is -2.58. The van der Waals surface area contributed by atoms with Crippen molar-refractivity contribution in [1.29, 1.82) is 0 Å². The van der Waals surface area contributed by atoms with Crippen LogP contribution < -0.4 is 4.90 Å². The van der Waals surface area contributed by atoms with E-state index in [0.717, 1.165) is 11.9 Å². The molecule has 0 atom stereocenters. The zero-order valence-corrected chi connectivity index (χ0v) is 13.0. The number of carbonyl (C=O) groups is 1. The molecule has 0 spiro atoms. The fourth-order valence-electron chi connectivity index (χ4n) is 2.68. The molecule has 6 nitrogen and oxygen atoms in total. The molecule has 0 bridgehead atoms. The number of carbonyl (C=O) groups excluding carboxylic acids is 1. The molecule has 9 heteroatoms. The first-order valence-corrected chi connectivity index (χ1v) is 7.43. The molecule has 1 aliphatic heterocycles. The highest BCUT2D eigenvalue weighted by molar-refractivity contribution is 5.92. The molecule has 1 saturated heterocycles. The molecule has 1 fully saturated rings. The summed E-state index contributed by atoms with van der Waals surface area (Å²) in [5.41, 5.74) is -1.12. The Morgan fingerprint density at radius 2 is 1.88 bits per heavy atom. The Morgan fingerprint density at radius 3 is 2.42 bits per heavy atom. The molecule has 0 aromatic carbocycles. The van der Waals surface area contributed by atoms with Gasteiger partial charge in [-0.05, 0) is 12.1 Å². The van der Waals surface area contributed by atoms with Crippen molar-refractivity contribution >= 4 is 11.7 Å². The molecule has 2 aromatic heterocycles. The van der Waals surface area contributed by atoms with Crippen molar-refractivity contribution in [2.24, 2.45) is 7.05 Å². The predicted octanol–water partition coefficient (Wildman–Crippen LogP) is 1.80.